The van der Waals surface area contributed by atoms with E-state index in [1.807, 2.05) is 20.8 Å². The van der Waals surface area contributed by atoms with Crippen LogP contribution in [-0.4, -0.2) is 40.8 Å². The third kappa shape index (κ3) is 4.61. The lowest BCUT2D eigenvalue weighted by molar-refractivity contribution is 0.0204. The minimum absolute atomic E-state index is 0.108. The Morgan fingerprint density at radius 2 is 1.87 bits per heavy atom. The van der Waals surface area contributed by atoms with Gasteiger partial charge in [-0.15, -0.1) is 0 Å². The van der Waals surface area contributed by atoms with Gasteiger partial charge in [-0.2, -0.15) is 0 Å². The summed E-state index contributed by atoms with van der Waals surface area (Å²) in [6, 6.07) is 4.97. The lowest BCUT2D eigenvalue weighted by atomic mass is 9.86. The van der Waals surface area contributed by atoms with Gasteiger partial charge >= 0.3 is 12.1 Å². The van der Waals surface area contributed by atoms with E-state index in [1.165, 1.54) is 6.07 Å². The number of carboxylic acid groups (broad SMARTS) is 1. The van der Waals surface area contributed by atoms with Crippen LogP contribution in [0.2, 0.25) is 5.02 Å². The third-order valence-corrected chi connectivity index (χ3v) is 4.07. The lowest BCUT2D eigenvalue weighted by Gasteiger charge is -2.34. The van der Waals surface area contributed by atoms with E-state index in [1.54, 1.807) is 17.0 Å². The number of carbonyl (C=O) groups is 2. The van der Waals surface area contributed by atoms with Crippen LogP contribution in [0.5, 0.6) is 0 Å². The quantitative estimate of drug-likeness (QED) is 0.878. The predicted octanol–water partition coefficient (Wildman–Crippen LogP) is 4.15. The van der Waals surface area contributed by atoms with Crippen molar-refractivity contribution < 1.29 is 19.4 Å². The number of amides is 1. The summed E-state index contributed by atoms with van der Waals surface area (Å²) in [6.07, 6.45) is 1.10. The Balaban J connectivity index is 2.05. The fourth-order valence-corrected chi connectivity index (χ4v) is 2.94. The zero-order valence-corrected chi connectivity index (χ0v) is 14.4. The van der Waals surface area contributed by atoms with E-state index in [0.717, 1.165) is 5.56 Å². The first-order chi connectivity index (χ1) is 10.7. The lowest BCUT2D eigenvalue weighted by Crippen LogP contribution is -2.41. The van der Waals surface area contributed by atoms with Crippen molar-refractivity contribution in [3.8, 4) is 0 Å². The standard InChI is InChI=1S/C17H22ClNO4/c1-17(2,3)23-16(22)19-8-6-11(7-9-19)13-5-4-12(18)10-14(13)15(20)21/h4-5,10-11H,6-9H2,1-3H3,(H,20,21). The van der Waals surface area contributed by atoms with E-state index in [4.69, 9.17) is 16.3 Å². The molecular formula is C17H22ClNO4. The average Bonchev–Trinajstić information content (AvgIpc) is 2.45. The van der Waals surface area contributed by atoms with Gasteiger partial charge in [0.25, 0.3) is 0 Å². The second kappa shape index (κ2) is 6.79. The molecular weight excluding hydrogens is 318 g/mol. The molecule has 0 atom stereocenters. The number of benzene rings is 1. The average molecular weight is 340 g/mol. The zero-order chi connectivity index (χ0) is 17.2. The van der Waals surface area contributed by atoms with Crippen molar-refractivity contribution in [3.05, 3.63) is 34.3 Å². The van der Waals surface area contributed by atoms with Crippen molar-refractivity contribution in [2.75, 3.05) is 13.1 Å². The van der Waals surface area contributed by atoms with Crippen molar-refractivity contribution in [2.24, 2.45) is 0 Å². The van der Waals surface area contributed by atoms with Crippen molar-refractivity contribution in [1.82, 2.24) is 4.90 Å². The molecule has 0 saturated carbocycles. The molecule has 1 aromatic carbocycles. The van der Waals surface area contributed by atoms with Gasteiger partial charge in [0.15, 0.2) is 0 Å². The molecule has 1 aliphatic heterocycles. The molecule has 6 heteroatoms. The number of rotatable bonds is 2. The van der Waals surface area contributed by atoms with Gasteiger partial charge in [0, 0.05) is 18.1 Å². The van der Waals surface area contributed by atoms with Crippen LogP contribution >= 0.6 is 11.6 Å². The molecule has 1 saturated heterocycles. The first-order valence-corrected chi connectivity index (χ1v) is 8.06. The number of aromatic carboxylic acids is 1. The summed E-state index contributed by atoms with van der Waals surface area (Å²) in [5.41, 5.74) is 0.514. The summed E-state index contributed by atoms with van der Waals surface area (Å²) < 4.78 is 5.37. The Morgan fingerprint density at radius 1 is 1.26 bits per heavy atom. The van der Waals surface area contributed by atoms with Crippen molar-refractivity contribution in [3.63, 3.8) is 0 Å². The Labute approximate surface area is 141 Å². The largest absolute Gasteiger partial charge is 0.478 e. The Kier molecular flexibility index (Phi) is 5.19. The fraction of sp³-hybridized carbons (Fsp3) is 0.529. The van der Waals surface area contributed by atoms with Crippen LogP contribution in [0.15, 0.2) is 18.2 Å². The van der Waals surface area contributed by atoms with Gasteiger partial charge in [-0.3, -0.25) is 0 Å². The number of hydrogen-bond acceptors (Lipinski definition) is 3. The normalized spacial score (nSPS) is 16.3. The summed E-state index contributed by atoms with van der Waals surface area (Å²) in [5.74, 6) is -0.867. The number of piperidine rings is 1. The topological polar surface area (TPSA) is 66.8 Å². The highest BCUT2D eigenvalue weighted by Crippen LogP contribution is 2.32. The highest BCUT2D eigenvalue weighted by atomic mass is 35.5. The fourth-order valence-electron chi connectivity index (χ4n) is 2.77. The third-order valence-electron chi connectivity index (χ3n) is 3.83. The van der Waals surface area contributed by atoms with Crippen LogP contribution in [0, 0.1) is 0 Å². The van der Waals surface area contributed by atoms with Crippen LogP contribution in [0.4, 0.5) is 4.79 Å². The van der Waals surface area contributed by atoms with Crippen molar-refractivity contribution >= 4 is 23.7 Å². The number of likely N-dealkylation sites (tertiary alicyclic amines) is 1. The summed E-state index contributed by atoms with van der Waals surface area (Å²) >= 11 is 5.89. The van der Waals surface area contributed by atoms with Crippen molar-refractivity contribution in [2.45, 2.75) is 45.1 Å². The van der Waals surface area contributed by atoms with Gasteiger partial charge in [0.1, 0.15) is 5.60 Å². The van der Waals surface area contributed by atoms with E-state index in [0.29, 0.717) is 31.0 Å². The molecule has 1 aliphatic rings. The van der Waals surface area contributed by atoms with Gasteiger partial charge in [-0.25, -0.2) is 9.59 Å². The first kappa shape index (κ1) is 17.6. The number of ether oxygens (including phenoxy) is 1. The van der Waals surface area contributed by atoms with Gasteiger partial charge in [-0.05, 0) is 57.2 Å². The molecule has 2 rings (SSSR count). The predicted molar refractivity (Wildman–Crippen MR) is 88.2 cm³/mol. The van der Waals surface area contributed by atoms with E-state index >= 15 is 0 Å². The minimum Gasteiger partial charge on any atom is -0.478 e. The molecule has 0 bridgehead atoms. The van der Waals surface area contributed by atoms with Crippen LogP contribution in [0.25, 0.3) is 0 Å². The first-order valence-electron chi connectivity index (χ1n) is 7.68. The highest BCUT2D eigenvalue weighted by Gasteiger charge is 2.29. The molecule has 0 aromatic heterocycles. The summed E-state index contributed by atoms with van der Waals surface area (Å²) in [6.45, 7) is 6.63. The van der Waals surface area contributed by atoms with Gasteiger partial charge in [-0.1, -0.05) is 17.7 Å². The molecule has 1 fully saturated rings. The molecule has 1 heterocycles. The Morgan fingerprint density at radius 3 is 2.39 bits per heavy atom. The molecule has 0 spiro atoms. The second-order valence-electron chi connectivity index (χ2n) is 6.78. The molecule has 126 valence electrons. The van der Waals surface area contributed by atoms with E-state index in [2.05, 4.69) is 0 Å². The SMILES string of the molecule is CC(C)(C)OC(=O)N1CCC(c2ccc(Cl)cc2C(=O)O)CC1. The highest BCUT2D eigenvalue weighted by molar-refractivity contribution is 6.31. The molecule has 0 radical (unpaired) electrons. The van der Waals surface area contributed by atoms with Crippen LogP contribution in [0.1, 0.15) is 55.5 Å². The number of carboxylic acids is 1. The molecule has 1 aromatic rings. The van der Waals surface area contributed by atoms with Gasteiger partial charge in [0.2, 0.25) is 0 Å². The smallest absolute Gasteiger partial charge is 0.410 e. The summed E-state index contributed by atoms with van der Waals surface area (Å²) in [7, 11) is 0. The molecule has 1 amide bonds. The molecule has 1 N–H and O–H groups in total. The molecule has 5 nitrogen and oxygen atoms in total. The summed E-state index contributed by atoms with van der Waals surface area (Å²) in [5, 5.41) is 9.76. The monoisotopic (exact) mass is 339 g/mol. The van der Waals surface area contributed by atoms with Crippen LogP contribution in [0.3, 0.4) is 0 Å². The van der Waals surface area contributed by atoms with Gasteiger partial charge in [0.05, 0.1) is 5.56 Å². The van der Waals surface area contributed by atoms with Crippen molar-refractivity contribution in [1.29, 1.82) is 0 Å². The Hall–Kier alpha value is -1.75. The number of halogens is 1. The second-order valence-corrected chi connectivity index (χ2v) is 7.21. The maximum Gasteiger partial charge on any atom is 0.410 e. The van der Waals surface area contributed by atoms with E-state index < -0.39 is 11.6 Å². The number of nitrogens with zero attached hydrogens (tertiary/aromatic N) is 1. The minimum atomic E-state index is -0.975. The number of hydrogen-bond donors (Lipinski definition) is 1. The molecule has 0 unspecified atom stereocenters. The van der Waals surface area contributed by atoms with Gasteiger partial charge < -0.3 is 14.7 Å². The summed E-state index contributed by atoms with van der Waals surface area (Å²) in [4.78, 5) is 25.2. The maximum absolute atomic E-state index is 12.1. The van der Waals surface area contributed by atoms with E-state index in [9.17, 15) is 14.7 Å². The molecule has 0 aliphatic carbocycles. The Bertz CT molecular complexity index is 601. The van der Waals surface area contributed by atoms with Crippen LogP contribution in [-0.2, 0) is 4.74 Å². The zero-order valence-electron chi connectivity index (χ0n) is 13.6. The molecule has 23 heavy (non-hydrogen) atoms. The van der Waals surface area contributed by atoms with Crippen LogP contribution < -0.4 is 0 Å². The van der Waals surface area contributed by atoms with E-state index in [-0.39, 0.29) is 17.6 Å². The number of carbonyl (C=O) groups excluding carboxylic acids is 1. The maximum atomic E-state index is 12.1.